The van der Waals surface area contributed by atoms with E-state index in [2.05, 4.69) is 0 Å². The number of hydrogen-bond donors (Lipinski definition) is 3. The van der Waals surface area contributed by atoms with Crippen LogP contribution >= 0.6 is 23.2 Å². The van der Waals surface area contributed by atoms with E-state index in [0.717, 1.165) is 23.1 Å². The minimum absolute atomic E-state index is 0.0357. The molecule has 4 amide bonds. The van der Waals surface area contributed by atoms with E-state index in [0.29, 0.717) is 0 Å². The first-order valence-electron chi connectivity index (χ1n) is 14.8. The third kappa shape index (κ3) is 4.31. The maximum absolute atomic E-state index is 15.1. The first-order valence-corrected chi connectivity index (χ1v) is 15.5. The smallest absolute Gasteiger partial charge is 0.488 e. The highest BCUT2D eigenvalue weighted by molar-refractivity contribution is 6.59. The van der Waals surface area contributed by atoms with Crippen molar-refractivity contribution in [2.75, 3.05) is 9.80 Å². The van der Waals surface area contributed by atoms with Gasteiger partial charge in [0.05, 0.1) is 17.5 Å². The molecule has 0 radical (unpaired) electrons. The number of fused-ring (bicyclic) bond motifs is 4. The molecule has 0 bridgehead atoms. The lowest BCUT2D eigenvalue weighted by Gasteiger charge is -2.50. The molecule has 3 N–H and O–H groups in total. The number of anilines is 2. The second-order valence-corrected chi connectivity index (χ2v) is 13.6. The number of nitrogens with zero attached hydrogens (tertiary/aromatic N) is 2. The van der Waals surface area contributed by atoms with Gasteiger partial charge in [-0.15, -0.1) is 23.2 Å². The molecule has 258 valence electrons. The van der Waals surface area contributed by atoms with Crippen molar-refractivity contribution in [1.29, 1.82) is 0 Å². The van der Waals surface area contributed by atoms with Crippen LogP contribution in [0.3, 0.4) is 0 Å². The lowest BCUT2D eigenvalue weighted by molar-refractivity contribution is -0.125. The Labute approximate surface area is 287 Å². The number of alkyl halides is 2. The molecule has 2 aliphatic heterocycles. The molecular weight excluding hydrogens is 720 g/mol. The van der Waals surface area contributed by atoms with Crippen molar-refractivity contribution in [2.24, 2.45) is 17.8 Å². The van der Waals surface area contributed by atoms with Gasteiger partial charge in [0.25, 0.3) is 11.8 Å². The summed E-state index contributed by atoms with van der Waals surface area (Å²) in [5.41, 5.74) is -2.20. The van der Waals surface area contributed by atoms with Crippen molar-refractivity contribution >= 4 is 70.8 Å². The van der Waals surface area contributed by atoms with Gasteiger partial charge in [-0.2, -0.15) is 0 Å². The standard InChI is InChI=1S/C32H19BCl2F6N2O7/c34-31-10-16-14(5-6-15-19(16)28(46)42(27(15)45)13-3-1-2-12(9-13)33(49)50)20(11-4-7-18(44)17(36)8-11)32(31,35)30(48)43(29(31)47)26-24(40)22(38)21(37)23(39)25(26)41/h1-5,7-9,15-16,19-20,44,49-50H,6,10H2/t15-,16+,19-,20-,31+,32-/m0/s1. The van der Waals surface area contributed by atoms with Crippen molar-refractivity contribution in [2.45, 2.75) is 28.5 Å². The van der Waals surface area contributed by atoms with Gasteiger partial charge < -0.3 is 15.2 Å². The Balaban J connectivity index is 1.42. The Morgan fingerprint density at radius 1 is 0.780 bits per heavy atom. The van der Waals surface area contributed by atoms with Gasteiger partial charge in [0.1, 0.15) is 5.69 Å². The lowest BCUT2D eigenvalue weighted by Crippen LogP contribution is -2.60. The number of phenols is 1. The van der Waals surface area contributed by atoms with Gasteiger partial charge in [-0.3, -0.25) is 24.1 Å². The van der Waals surface area contributed by atoms with Gasteiger partial charge in [-0.25, -0.2) is 31.2 Å². The minimum Gasteiger partial charge on any atom is -0.505 e. The zero-order valence-electron chi connectivity index (χ0n) is 24.8. The third-order valence-corrected chi connectivity index (χ3v) is 11.4. The van der Waals surface area contributed by atoms with Gasteiger partial charge in [0.15, 0.2) is 44.6 Å². The Kier molecular flexibility index (Phi) is 7.72. The molecule has 3 aromatic rings. The van der Waals surface area contributed by atoms with E-state index in [4.69, 9.17) is 23.2 Å². The average Bonchev–Trinajstić information content (AvgIpc) is 3.42. The van der Waals surface area contributed by atoms with Crippen LogP contribution in [0.15, 0.2) is 54.1 Å². The molecule has 9 nitrogen and oxygen atoms in total. The normalized spacial score (nSPS) is 28.9. The second-order valence-electron chi connectivity index (χ2n) is 12.4. The molecule has 0 unspecified atom stereocenters. The van der Waals surface area contributed by atoms with E-state index >= 15 is 8.78 Å². The fraction of sp³-hybridized carbons (Fsp3) is 0.250. The zero-order chi connectivity index (χ0) is 36.4. The Hall–Kier alpha value is -4.38. The molecule has 18 heteroatoms. The summed E-state index contributed by atoms with van der Waals surface area (Å²) in [6, 6.07) is 7.91. The van der Waals surface area contributed by atoms with E-state index in [1.165, 1.54) is 30.3 Å². The monoisotopic (exact) mass is 738 g/mol. The van der Waals surface area contributed by atoms with Gasteiger partial charge >= 0.3 is 7.12 Å². The predicted octanol–water partition coefficient (Wildman–Crippen LogP) is 3.67. The molecule has 0 spiro atoms. The van der Waals surface area contributed by atoms with Crippen molar-refractivity contribution in [3.63, 3.8) is 0 Å². The average molecular weight is 739 g/mol. The summed E-state index contributed by atoms with van der Waals surface area (Å²) in [5, 5.41) is 29.2. The maximum Gasteiger partial charge on any atom is 0.488 e. The van der Waals surface area contributed by atoms with Crippen molar-refractivity contribution in [3.05, 3.63) is 94.6 Å². The topological polar surface area (TPSA) is 135 Å². The molecule has 50 heavy (non-hydrogen) atoms. The van der Waals surface area contributed by atoms with Gasteiger partial charge in [-0.05, 0) is 54.1 Å². The predicted molar refractivity (Wildman–Crippen MR) is 163 cm³/mol. The number of phenolic OH excluding ortho intramolecular Hbond substituents is 1. The fourth-order valence-corrected chi connectivity index (χ4v) is 8.66. The number of imide groups is 2. The quantitative estimate of drug-likeness (QED) is 0.0708. The van der Waals surface area contributed by atoms with Gasteiger partial charge in [-0.1, -0.05) is 29.8 Å². The van der Waals surface area contributed by atoms with Crippen molar-refractivity contribution in [1.82, 2.24) is 0 Å². The summed E-state index contributed by atoms with van der Waals surface area (Å²) in [6.45, 7) is 0. The summed E-state index contributed by atoms with van der Waals surface area (Å²) in [5.74, 6) is -25.2. The van der Waals surface area contributed by atoms with E-state index in [-0.39, 0.29) is 33.6 Å². The van der Waals surface area contributed by atoms with Crippen LogP contribution in [-0.4, -0.2) is 55.7 Å². The Morgan fingerprint density at radius 3 is 2.04 bits per heavy atom. The molecule has 7 rings (SSSR count). The molecule has 4 aliphatic rings. The lowest BCUT2D eigenvalue weighted by atomic mass is 9.56. The van der Waals surface area contributed by atoms with E-state index < -0.39 is 117 Å². The molecule has 3 fully saturated rings. The molecule has 2 heterocycles. The summed E-state index contributed by atoms with van der Waals surface area (Å²) in [4.78, 5) is 51.0. The van der Waals surface area contributed by atoms with Crippen molar-refractivity contribution < 1.29 is 60.7 Å². The second kappa shape index (κ2) is 11.3. The van der Waals surface area contributed by atoms with Crippen LogP contribution in [0.4, 0.5) is 37.7 Å². The number of allylic oxidation sites excluding steroid dienone is 2. The maximum atomic E-state index is 15.1. The minimum atomic E-state index is -2.86. The highest BCUT2D eigenvalue weighted by Gasteiger charge is 2.77. The van der Waals surface area contributed by atoms with Gasteiger partial charge in [0.2, 0.25) is 17.6 Å². The number of aromatic hydroxyl groups is 1. The van der Waals surface area contributed by atoms with Crippen LogP contribution in [-0.2, 0) is 19.2 Å². The van der Waals surface area contributed by atoms with Crippen LogP contribution in [0.2, 0.25) is 0 Å². The largest absolute Gasteiger partial charge is 0.505 e. The number of rotatable bonds is 4. The Morgan fingerprint density at radius 2 is 1.42 bits per heavy atom. The van der Waals surface area contributed by atoms with Crippen LogP contribution < -0.4 is 15.3 Å². The molecule has 0 aromatic heterocycles. The highest BCUT2D eigenvalue weighted by Crippen LogP contribution is 2.66. The molecule has 3 aromatic carbocycles. The third-order valence-electron chi connectivity index (χ3n) is 9.95. The van der Waals surface area contributed by atoms with Crippen LogP contribution in [0.1, 0.15) is 24.3 Å². The number of carbonyl (C=O) groups excluding carboxylic acids is 4. The Bertz CT molecular complexity index is 2090. The first kappa shape index (κ1) is 34.1. The van der Waals surface area contributed by atoms with E-state index in [1.807, 2.05) is 0 Å². The summed E-state index contributed by atoms with van der Waals surface area (Å²) in [7, 11) is -1.96. The highest BCUT2D eigenvalue weighted by atomic mass is 35.5. The SMILES string of the molecule is O=C1[C@H]2[C@H](CC=C3[C@H]2C[C@@]2(Cl)C(=O)N(c4c(F)c(F)c(F)c(F)c4F)C(=O)[C@@]2(Cl)[C@H]3c2ccc(O)c(F)c2)C(=O)N1c1cccc(B(O)O)c1. The number of benzene rings is 3. The van der Waals surface area contributed by atoms with Crippen LogP contribution in [0, 0.1) is 52.7 Å². The molecular formula is C32H19BCl2F6N2O7. The first-order chi connectivity index (χ1) is 23.5. The fourth-order valence-electron chi connectivity index (χ4n) is 7.72. The van der Waals surface area contributed by atoms with Crippen molar-refractivity contribution in [3.8, 4) is 5.75 Å². The molecule has 2 saturated heterocycles. The van der Waals surface area contributed by atoms with Crippen LogP contribution in [0.5, 0.6) is 5.75 Å². The number of halogens is 8. The molecule has 2 aliphatic carbocycles. The van der Waals surface area contributed by atoms with E-state index in [9.17, 15) is 51.9 Å². The van der Waals surface area contributed by atoms with Crippen LogP contribution in [0.25, 0.3) is 0 Å². The summed E-state index contributed by atoms with van der Waals surface area (Å²) < 4.78 is 87.8. The molecule has 6 atom stereocenters. The molecule has 1 saturated carbocycles. The summed E-state index contributed by atoms with van der Waals surface area (Å²) in [6.07, 6.45) is 0.465. The summed E-state index contributed by atoms with van der Waals surface area (Å²) >= 11 is 14.0. The zero-order valence-corrected chi connectivity index (χ0v) is 26.3. The van der Waals surface area contributed by atoms with E-state index in [1.54, 1.807) is 0 Å². The number of hydrogen-bond acceptors (Lipinski definition) is 7. The number of carbonyl (C=O) groups is 4. The van der Waals surface area contributed by atoms with Gasteiger partial charge in [0, 0.05) is 5.92 Å². The number of amides is 4.